The van der Waals surface area contributed by atoms with Crippen LogP contribution in [0.4, 0.5) is 0 Å². The van der Waals surface area contributed by atoms with Crippen molar-refractivity contribution in [3.8, 4) is 0 Å². The predicted octanol–water partition coefficient (Wildman–Crippen LogP) is 7.20. The third-order valence-corrected chi connectivity index (χ3v) is 10.6. The Bertz CT molecular complexity index is 502. The fourth-order valence-electron chi connectivity index (χ4n) is 8.47. The second kappa shape index (κ2) is 5.90. The molecule has 6 saturated carbocycles. The van der Waals surface area contributed by atoms with Crippen LogP contribution in [0.1, 0.15) is 74.1 Å². The molecule has 0 amide bonds. The smallest absolute Gasteiger partial charge is 0.0960 e. The second-order valence-corrected chi connectivity index (χ2v) is 11.7. The van der Waals surface area contributed by atoms with E-state index in [0.717, 1.165) is 53.9 Å². The quantitative estimate of drug-likeness (QED) is 0.375. The van der Waals surface area contributed by atoms with Crippen molar-refractivity contribution in [2.75, 3.05) is 0 Å². The highest BCUT2D eigenvalue weighted by Crippen LogP contribution is 2.69. The highest BCUT2D eigenvalue weighted by Gasteiger charge is 2.61. The summed E-state index contributed by atoms with van der Waals surface area (Å²) in [6, 6.07) is 0. The van der Waals surface area contributed by atoms with E-state index in [0.29, 0.717) is 10.8 Å². The van der Waals surface area contributed by atoms with Crippen molar-refractivity contribution in [2.45, 2.75) is 92.1 Å². The van der Waals surface area contributed by atoms with Gasteiger partial charge in [0.25, 0.3) is 0 Å². The molecule has 0 saturated heterocycles. The Hall–Kier alpha value is -0.195. The Balaban J connectivity index is 1.56. The van der Waals surface area contributed by atoms with Gasteiger partial charge in [0.2, 0.25) is 0 Å². The van der Waals surface area contributed by atoms with Gasteiger partial charge >= 0.3 is 0 Å². The Morgan fingerprint density at radius 1 is 0.800 bits per heavy atom. The molecule has 0 aromatic heterocycles. The minimum absolute atomic E-state index is 0.628. The summed E-state index contributed by atoms with van der Waals surface area (Å²) in [5.74, 6) is 7.86. The van der Waals surface area contributed by atoms with Gasteiger partial charge in [-0.15, -0.1) is 0 Å². The topological polar surface area (TPSA) is 0 Å². The SMILES string of the molecule is C/C=C/CB(C1CC2CC(C1C)C2(C)C)C1C[C@H]2C[C@H](C1C)C2(C)C. The molecule has 6 aliphatic carbocycles. The molecular formula is C24H41B. The van der Waals surface area contributed by atoms with Gasteiger partial charge in [-0.2, -0.15) is 0 Å². The zero-order valence-corrected chi connectivity index (χ0v) is 17.9. The van der Waals surface area contributed by atoms with E-state index in [1.165, 1.54) is 32.0 Å². The average Bonchev–Trinajstić information content (AvgIpc) is 2.56. The fraction of sp³-hybridized carbons (Fsp3) is 0.917. The molecular weight excluding hydrogens is 299 g/mol. The molecule has 0 aromatic carbocycles. The molecule has 140 valence electrons. The molecule has 0 aliphatic heterocycles. The predicted molar refractivity (Wildman–Crippen MR) is 111 cm³/mol. The van der Waals surface area contributed by atoms with Gasteiger partial charge in [-0.3, -0.25) is 0 Å². The minimum Gasteiger partial charge on any atom is -0.0960 e. The zero-order valence-electron chi connectivity index (χ0n) is 17.9. The summed E-state index contributed by atoms with van der Waals surface area (Å²) in [6.07, 6.45) is 12.3. The van der Waals surface area contributed by atoms with E-state index < -0.39 is 0 Å². The minimum atomic E-state index is 0.628. The first kappa shape index (κ1) is 18.2. The van der Waals surface area contributed by atoms with Crippen molar-refractivity contribution in [3.05, 3.63) is 12.2 Å². The van der Waals surface area contributed by atoms with Crippen LogP contribution in [0, 0.1) is 46.3 Å². The molecule has 6 unspecified atom stereocenters. The van der Waals surface area contributed by atoms with Crippen LogP contribution in [0.2, 0.25) is 18.0 Å². The first-order valence-corrected chi connectivity index (χ1v) is 11.3. The first-order valence-electron chi connectivity index (χ1n) is 11.3. The standard InChI is InChI=1S/C24H41B/c1-8-9-10-25(21-13-17-11-19(15(21)2)23(17,4)5)22-14-18-12-20(16(22)3)24(18,6)7/h8-9,15-22H,10-14H2,1-7H3/b9-8+/t15?,16?,17-,18?,19-,20?,21?,22?/m1/s1. The molecule has 4 bridgehead atoms. The van der Waals surface area contributed by atoms with Crippen LogP contribution >= 0.6 is 0 Å². The number of allylic oxidation sites excluding steroid dienone is 2. The van der Waals surface area contributed by atoms with Crippen molar-refractivity contribution in [2.24, 2.45) is 46.3 Å². The fourth-order valence-corrected chi connectivity index (χ4v) is 8.47. The van der Waals surface area contributed by atoms with Gasteiger partial charge in [0.1, 0.15) is 0 Å². The molecule has 0 nitrogen and oxygen atoms in total. The zero-order chi connectivity index (χ0) is 18.1. The molecule has 8 atom stereocenters. The van der Waals surface area contributed by atoms with Crippen LogP contribution in [0.25, 0.3) is 0 Å². The summed E-state index contributed by atoms with van der Waals surface area (Å²) in [4.78, 5) is 0. The lowest BCUT2D eigenvalue weighted by molar-refractivity contribution is -0.107. The molecule has 0 spiro atoms. The Morgan fingerprint density at radius 2 is 1.24 bits per heavy atom. The van der Waals surface area contributed by atoms with Gasteiger partial charge in [-0.05, 0) is 66.1 Å². The van der Waals surface area contributed by atoms with E-state index in [-0.39, 0.29) is 0 Å². The van der Waals surface area contributed by atoms with Crippen molar-refractivity contribution in [1.29, 1.82) is 0 Å². The third-order valence-electron chi connectivity index (χ3n) is 10.6. The van der Waals surface area contributed by atoms with Gasteiger partial charge < -0.3 is 0 Å². The molecule has 25 heavy (non-hydrogen) atoms. The van der Waals surface area contributed by atoms with Gasteiger partial charge in [0.05, 0.1) is 0 Å². The van der Waals surface area contributed by atoms with Crippen molar-refractivity contribution < 1.29 is 0 Å². The third kappa shape index (κ3) is 2.46. The normalized spacial score (nSPS) is 49.4. The highest BCUT2D eigenvalue weighted by molar-refractivity contribution is 6.62. The lowest BCUT2D eigenvalue weighted by Gasteiger charge is -2.66. The van der Waals surface area contributed by atoms with Crippen LogP contribution in [0.5, 0.6) is 0 Å². The van der Waals surface area contributed by atoms with Gasteiger partial charge in [-0.1, -0.05) is 84.5 Å². The van der Waals surface area contributed by atoms with Crippen LogP contribution in [-0.2, 0) is 0 Å². The lowest BCUT2D eigenvalue weighted by Crippen LogP contribution is -2.59. The van der Waals surface area contributed by atoms with E-state index in [9.17, 15) is 0 Å². The first-order chi connectivity index (χ1) is 11.7. The molecule has 0 N–H and O–H groups in total. The van der Waals surface area contributed by atoms with Crippen LogP contribution in [-0.4, -0.2) is 6.71 Å². The number of hydrogen-bond donors (Lipinski definition) is 0. The number of hydrogen-bond acceptors (Lipinski definition) is 0. The maximum Gasteiger partial charge on any atom is 0.150 e. The van der Waals surface area contributed by atoms with Crippen LogP contribution in [0.15, 0.2) is 12.2 Å². The number of rotatable bonds is 4. The Morgan fingerprint density at radius 3 is 1.56 bits per heavy atom. The summed E-state index contributed by atoms with van der Waals surface area (Å²) in [5, 5.41) is 0. The Kier molecular flexibility index (Phi) is 4.29. The Labute approximate surface area is 157 Å². The maximum atomic E-state index is 2.62. The summed E-state index contributed by atoms with van der Waals surface area (Å²) in [5.41, 5.74) is 1.26. The van der Waals surface area contributed by atoms with E-state index in [4.69, 9.17) is 0 Å². The summed E-state index contributed by atoms with van der Waals surface area (Å²) in [7, 11) is 0. The highest BCUT2D eigenvalue weighted by atomic mass is 14.6. The average molecular weight is 340 g/mol. The van der Waals surface area contributed by atoms with Gasteiger partial charge in [0, 0.05) is 0 Å². The van der Waals surface area contributed by atoms with E-state index in [1.807, 2.05) is 0 Å². The largest absolute Gasteiger partial charge is 0.150 e. The molecule has 6 rings (SSSR count). The van der Waals surface area contributed by atoms with Crippen LogP contribution < -0.4 is 0 Å². The van der Waals surface area contributed by atoms with Crippen molar-refractivity contribution >= 4 is 6.71 Å². The van der Waals surface area contributed by atoms with Gasteiger partial charge in [-0.25, -0.2) is 0 Å². The molecule has 6 aliphatic rings. The lowest BCUT2D eigenvalue weighted by atomic mass is 9.20. The second-order valence-electron chi connectivity index (χ2n) is 11.7. The number of fused-ring (bicyclic) bond motifs is 4. The van der Waals surface area contributed by atoms with Crippen LogP contribution in [0.3, 0.4) is 0 Å². The van der Waals surface area contributed by atoms with E-state index >= 15 is 0 Å². The summed E-state index contributed by atoms with van der Waals surface area (Å²) < 4.78 is 0. The molecule has 1 heteroatoms. The molecule has 0 aromatic rings. The maximum absolute atomic E-state index is 2.62. The molecule has 0 heterocycles. The monoisotopic (exact) mass is 340 g/mol. The summed E-state index contributed by atoms with van der Waals surface area (Å²) in [6.45, 7) is 18.6. The van der Waals surface area contributed by atoms with Crippen molar-refractivity contribution in [3.63, 3.8) is 0 Å². The van der Waals surface area contributed by atoms with E-state index in [2.05, 4.69) is 60.6 Å². The molecule has 6 fully saturated rings. The summed E-state index contributed by atoms with van der Waals surface area (Å²) >= 11 is 0. The van der Waals surface area contributed by atoms with Gasteiger partial charge in [0.15, 0.2) is 6.71 Å². The molecule has 0 radical (unpaired) electrons. The van der Waals surface area contributed by atoms with Crippen molar-refractivity contribution in [1.82, 2.24) is 0 Å². The van der Waals surface area contributed by atoms with E-state index in [1.54, 1.807) is 0 Å².